The predicted molar refractivity (Wildman–Crippen MR) is 50.6 cm³/mol. The molecule has 3 N–H and O–H groups in total. The standard InChI is InChI=1S/C10H11NO3/c11-9(13)6-8(12)10(14)7-4-2-1-3-5-7/h1-5,8,12H,6H2,(H2,11,13). The van der Waals surface area contributed by atoms with E-state index >= 15 is 0 Å². The van der Waals surface area contributed by atoms with Crippen LogP contribution in [0.3, 0.4) is 0 Å². The third-order valence-corrected chi connectivity index (χ3v) is 1.76. The Morgan fingerprint density at radius 1 is 1.29 bits per heavy atom. The second kappa shape index (κ2) is 4.53. The van der Waals surface area contributed by atoms with Gasteiger partial charge in [-0.25, -0.2) is 0 Å². The number of ketones is 1. The number of benzene rings is 1. The summed E-state index contributed by atoms with van der Waals surface area (Å²) in [4.78, 5) is 21.9. The van der Waals surface area contributed by atoms with Crippen molar-refractivity contribution in [3.8, 4) is 0 Å². The second-order valence-corrected chi connectivity index (χ2v) is 2.92. The van der Waals surface area contributed by atoms with Gasteiger partial charge < -0.3 is 10.8 Å². The van der Waals surface area contributed by atoms with E-state index in [1.54, 1.807) is 30.3 Å². The highest BCUT2D eigenvalue weighted by Crippen LogP contribution is 2.05. The Balaban J connectivity index is 2.71. The lowest BCUT2D eigenvalue weighted by Gasteiger charge is -2.06. The molecule has 14 heavy (non-hydrogen) atoms. The Bertz CT molecular complexity index is 334. The van der Waals surface area contributed by atoms with Crippen LogP contribution in [0, 0.1) is 0 Å². The minimum atomic E-state index is -1.34. The van der Waals surface area contributed by atoms with Crippen LogP contribution < -0.4 is 5.73 Å². The molecule has 0 saturated heterocycles. The lowest BCUT2D eigenvalue weighted by Crippen LogP contribution is -2.27. The molecule has 1 rings (SSSR count). The fourth-order valence-corrected chi connectivity index (χ4v) is 1.08. The Morgan fingerprint density at radius 2 is 1.86 bits per heavy atom. The molecule has 1 atom stereocenters. The number of nitrogens with two attached hydrogens (primary N) is 1. The van der Waals surface area contributed by atoms with E-state index in [0.29, 0.717) is 5.56 Å². The molecule has 4 heteroatoms. The number of amides is 1. The average molecular weight is 193 g/mol. The Kier molecular flexibility index (Phi) is 3.36. The van der Waals surface area contributed by atoms with E-state index in [4.69, 9.17) is 5.73 Å². The molecule has 1 aromatic carbocycles. The minimum absolute atomic E-state index is 0.340. The van der Waals surface area contributed by atoms with Crippen molar-refractivity contribution in [2.75, 3.05) is 0 Å². The maximum absolute atomic E-state index is 11.4. The van der Waals surface area contributed by atoms with Gasteiger partial charge in [0.25, 0.3) is 0 Å². The van der Waals surface area contributed by atoms with Gasteiger partial charge >= 0.3 is 0 Å². The highest BCUT2D eigenvalue weighted by molar-refractivity contribution is 6.01. The Labute approximate surface area is 81.3 Å². The summed E-state index contributed by atoms with van der Waals surface area (Å²) < 4.78 is 0. The Hall–Kier alpha value is -1.68. The quantitative estimate of drug-likeness (QED) is 0.666. The fourth-order valence-electron chi connectivity index (χ4n) is 1.08. The van der Waals surface area contributed by atoms with Gasteiger partial charge in [0.2, 0.25) is 5.91 Å². The number of carbonyl (C=O) groups excluding carboxylic acids is 2. The molecule has 4 nitrogen and oxygen atoms in total. The first-order valence-corrected chi connectivity index (χ1v) is 4.17. The third-order valence-electron chi connectivity index (χ3n) is 1.76. The molecule has 0 radical (unpaired) electrons. The lowest BCUT2D eigenvalue weighted by atomic mass is 10.0. The van der Waals surface area contributed by atoms with Crippen molar-refractivity contribution in [3.63, 3.8) is 0 Å². The summed E-state index contributed by atoms with van der Waals surface area (Å²) in [6, 6.07) is 8.28. The van der Waals surface area contributed by atoms with Gasteiger partial charge in [0.05, 0.1) is 6.42 Å². The van der Waals surface area contributed by atoms with Crippen LogP contribution in [0.15, 0.2) is 30.3 Å². The van der Waals surface area contributed by atoms with Crippen molar-refractivity contribution in [3.05, 3.63) is 35.9 Å². The summed E-state index contributed by atoms with van der Waals surface area (Å²) in [7, 11) is 0. The summed E-state index contributed by atoms with van der Waals surface area (Å²) in [5.74, 6) is -1.17. The molecule has 0 bridgehead atoms. The Morgan fingerprint density at radius 3 is 2.36 bits per heavy atom. The van der Waals surface area contributed by atoms with Crippen LogP contribution in [-0.4, -0.2) is 22.9 Å². The van der Waals surface area contributed by atoms with Crippen LogP contribution in [0.4, 0.5) is 0 Å². The zero-order chi connectivity index (χ0) is 10.6. The van der Waals surface area contributed by atoms with E-state index in [1.807, 2.05) is 0 Å². The van der Waals surface area contributed by atoms with Gasteiger partial charge in [-0.3, -0.25) is 9.59 Å². The molecule has 0 aliphatic rings. The monoisotopic (exact) mass is 193 g/mol. The molecule has 0 aromatic heterocycles. The van der Waals surface area contributed by atoms with E-state index in [1.165, 1.54) is 0 Å². The van der Waals surface area contributed by atoms with Crippen LogP contribution in [0.25, 0.3) is 0 Å². The van der Waals surface area contributed by atoms with Crippen LogP contribution in [0.5, 0.6) is 0 Å². The summed E-state index contributed by atoms with van der Waals surface area (Å²) >= 11 is 0. The van der Waals surface area contributed by atoms with Crippen LogP contribution in [0.2, 0.25) is 0 Å². The number of primary amides is 1. The minimum Gasteiger partial charge on any atom is -0.384 e. The number of rotatable bonds is 4. The molecule has 74 valence electrons. The van der Waals surface area contributed by atoms with Gasteiger partial charge in [-0.15, -0.1) is 0 Å². The molecular weight excluding hydrogens is 182 g/mol. The van der Waals surface area contributed by atoms with Gasteiger partial charge in [0.1, 0.15) is 6.10 Å². The number of hydrogen-bond donors (Lipinski definition) is 2. The number of aliphatic hydroxyl groups excluding tert-OH is 1. The topological polar surface area (TPSA) is 80.4 Å². The van der Waals surface area contributed by atoms with Gasteiger partial charge in [0.15, 0.2) is 5.78 Å². The third kappa shape index (κ3) is 2.67. The first-order chi connectivity index (χ1) is 6.61. The van der Waals surface area contributed by atoms with E-state index in [9.17, 15) is 14.7 Å². The van der Waals surface area contributed by atoms with E-state index in [-0.39, 0.29) is 6.42 Å². The molecule has 0 saturated carbocycles. The summed E-state index contributed by atoms with van der Waals surface area (Å²) in [5, 5.41) is 9.29. The van der Waals surface area contributed by atoms with Crippen LogP contribution >= 0.6 is 0 Å². The van der Waals surface area contributed by atoms with E-state index in [2.05, 4.69) is 0 Å². The van der Waals surface area contributed by atoms with Gasteiger partial charge in [-0.05, 0) is 0 Å². The molecule has 0 spiro atoms. The zero-order valence-electron chi connectivity index (χ0n) is 7.51. The van der Waals surface area contributed by atoms with Crippen molar-refractivity contribution < 1.29 is 14.7 Å². The van der Waals surface area contributed by atoms with Crippen molar-refractivity contribution in [2.24, 2.45) is 5.73 Å². The molecule has 1 aromatic rings. The molecular formula is C10H11NO3. The van der Waals surface area contributed by atoms with Crippen molar-refractivity contribution in [1.29, 1.82) is 0 Å². The van der Waals surface area contributed by atoms with Crippen molar-refractivity contribution >= 4 is 11.7 Å². The van der Waals surface area contributed by atoms with Crippen molar-refractivity contribution in [1.82, 2.24) is 0 Å². The summed E-state index contributed by atoms with van der Waals surface area (Å²) in [5.41, 5.74) is 5.23. The van der Waals surface area contributed by atoms with Crippen LogP contribution in [0.1, 0.15) is 16.8 Å². The van der Waals surface area contributed by atoms with Crippen LogP contribution in [-0.2, 0) is 4.79 Å². The molecule has 1 amide bonds. The van der Waals surface area contributed by atoms with Crippen molar-refractivity contribution in [2.45, 2.75) is 12.5 Å². The molecule has 0 fully saturated rings. The fraction of sp³-hybridized carbons (Fsp3) is 0.200. The first kappa shape index (κ1) is 10.4. The highest BCUT2D eigenvalue weighted by Gasteiger charge is 2.18. The number of Topliss-reactive ketones (excluding diaryl/α,β-unsaturated/α-hetero) is 1. The molecule has 0 heterocycles. The zero-order valence-corrected chi connectivity index (χ0v) is 7.51. The maximum atomic E-state index is 11.4. The van der Waals surface area contributed by atoms with Gasteiger partial charge in [-0.1, -0.05) is 30.3 Å². The number of aliphatic hydroxyl groups is 1. The SMILES string of the molecule is NC(=O)CC(O)C(=O)c1ccccc1. The largest absolute Gasteiger partial charge is 0.384 e. The number of hydrogen-bond acceptors (Lipinski definition) is 3. The van der Waals surface area contributed by atoms with Gasteiger partial charge in [0, 0.05) is 5.56 Å². The van der Waals surface area contributed by atoms with E-state index < -0.39 is 17.8 Å². The molecule has 0 aliphatic heterocycles. The first-order valence-electron chi connectivity index (χ1n) is 4.17. The highest BCUT2D eigenvalue weighted by atomic mass is 16.3. The lowest BCUT2D eigenvalue weighted by molar-refractivity contribution is -0.119. The predicted octanol–water partition coefficient (Wildman–Crippen LogP) is 0.106. The van der Waals surface area contributed by atoms with E-state index in [0.717, 1.165) is 0 Å². The normalized spacial score (nSPS) is 12.1. The molecule has 0 aliphatic carbocycles. The smallest absolute Gasteiger partial charge is 0.220 e. The molecule has 1 unspecified atom stereocenters. The number of carbonyl (C=O) groups is 2. The van der Waals surface area contributed by atoms with Gasteiger partial charge in [-0.2, -0.15) is 0 Å². The maximum Gasteiger partial charge on any atom is 0.220 e. The average Bonchev–Trinajstić information content (AvgIpc) is 2.17. The summed E-state index contributed by atoms with van der Waals surface area (Å²) in [6.07, 6.45) is -1.68. The second-order valence-electron chi connectivity index (χ2n) is 2.92. The summed E-state index contributed by atoms with van der Waals surface area (Å²) in [6.45, 7) is 0.